The first-order valence-corrected chi connectivity index (χ1v) is 8.25. The Labute approximate surface area is 145 Å². The second-order valence-electron chi connectivity index (χ2n) is 5.62. The molecule has 9 heteroatoms. The lowest BCUT2D eigenvalue weighted by Crippen LogP contribution is -2.30. The Morgan fingerprint density at radius 3 is 2.48 bits per heavy atom. The molecule has 0 atom stereocenters. The molecule has 2 rings (SSSR count). The summed E-state index contributed by atoms with van der Waals surface area (Å²) in [4.78, 5) is 23.6. The number of nitrogens with zero attached hydrogens (tertiary/aromatic N) is 4. The fourth-order valence-electron chi connectivity index (χ4n) is 2.27. The van der Waals surface area contributed by atoms with Crippen LogP contribution in [0.5, 0.6) is 0 Å². The highest BCUT2D eigenvalue weighted by Crippen LogP contribution is 2.14. The Morgan fingerprint density at radius 1 is 1.08 bits per heavy atom. The van der Waals surface area contributed by atoms with Gasteiger partial charge in [0.05, 0.1) is 13.1 Å². The second-order valence-corrected chi connectivity index (χ2v) is 5.62. The minimum atomic E-state index is -0.467. The zero-order valence-corrected chi connectivity index (χ0v) is 14.0. The third kappa shape index (κ3) is 5.96. The average Bonchev–Trinajstić information content (AvgIpc) is 3.09. The fourth-order valence-corrected chi connectivity index (χ4v) is 2.27. The first kappa shape index (κ1) is 18.5. The molecule has 25 heavy (non-hydrogen) atoms. The van der Waals surface area contributed by atoms with Crippen LogP contribution in [0.3, 0.4) is 0 Å². The summed E-state index contributed by atoms with van der Waals surface area (Å²) in [6.45, 7) is 1.37. The molecular formula is C16H23N7O2. The number of aryl methyl sites for hydroxylation is 1. The number of amides is 2. The molecule has 0 unspecified atom stereocenters. The van der Waals surface area contributed by atoms with Crippen LogP contribution < -0.4 is 16.8 Å². The topological polar surface area (TPSA) is 142 Å². The van der Waals surface area contributed by atoms with E-state index in [0.717, 1.165) is 31.2 Å². The van der Waals surface area contributed by atoms with Crippen LogP contribution in [0.1, 0.15) is 36.0 Å². The Bertz CT molecular complexity index is 697. The van der Waals surface area contributed by atoms with Gasteiger partial charge >= 0.3 is 0 Å². The molecule has 1 aromatic heterocycles. The normalized spacial score (nSPS) is 10.6. The van der Waals surface area contributed by atoms with Gasteiger partial charge < -0.3 is 16.8 Å². The summed E-state index contributed by atoms with van der Waals surface area (Å²) < 4.78 is 0. The van der Waals surface area contributed by atoms with E-state index < -0.39 is 5.91 Å². The lowest BCUT2D eigenvalue weighted by atomic mass is 10.1. The highest BCUT2D eigenvalue weighted by atomic mass is 16.2. The standard InChI is InChI=1S/C16H23N7O2/c17-11-14(24)19-9-3-1-2-4-10-23-21-16(20-22-23)13-7-5-12(6-8-13)15(18)25/h5-8H,1-4,9-11,17H2,(H2,18,25)(H,19,24). The van der Waals surface area contributed by atoms with Crippen LogP contribution in [0.2, 0.25) is 0 Å². The number of primary amides is 1. The summed E-state index contributed by atoms with van der Waals surface area (Å²) in [5.74, 6) is -0.0746. The van der Waals surface area contributed by atoms with Gasteiger partial charge in [-0.1, -0.05) is 25.0 Å². The molecule has 2 amide bonds. The summed E-state index contributed by atoms with van der Waals surface area (Å²) in [6, 6.07) is 6.78. The predicted molar refractivity (Wildman–Crippen MR) is 92.3 cm³/mol. The first-order chi connectivity index (χ1) is 12.1. The van der Waals surface area contributed by atoms with Gasteiger partial charge in [-0.15, -0.1) is 10.2 Å². The van der Waals surface area contributed by atoms with E-state index in [2.05, 4.69) is 20.7 Å². The van der Waals surface area contributed by atoms with E-state index in [1.165, 1.54) is 0 Å². The monoisotopic (exact) mass is 345 g/mol. The molecule has 1 aromatic carbocycles. The van der Waals surface area contributed by atoms with Crippen LogP contribution >= 0.6 is 0 Å². The molecule has 0 aliphatic carbocycles. The lowest BCUT2D eigenvalue weighted by Gasteiger charge is -2.03. The van der Waals surface area contributed by atoms with Crippen molar-refractivity contribution in [3.63, 3.8) is 0 Å². The van der Waals surface area contributed by atoms with Gasteiger partial charge in [0.1, 0.15) is 0 Å². The number of unbranched alkanes of at least 4 members (excludes halogenated alkanes) is 3. The van der Waals surface area contributed by atoms with E-state index in [1.807, 2.05) is 0 Å². The number of nitrogens with two attached hydrogens (primary N) is 2. The van der Waals surface area contributed by atoms with Gasteiger partial charge in [0.2, 0.25) is 17.6 Å². The van der Waals surface area contributed by atoms with Crippen LogP contribution in [-0.2, 0) is 11.3 Å². The van der Waals surface area contributed by atoms with Crippen molar-refractivity contribution in [2.75, 3.05) is 13.1 Å². The zero-order chi connectivity index (χ0) is 18.1. The van der Waals surface area contributed by atoms with Crippen LogP contribution in [0.25, 0.3) is 11.4 Å². The molecule has 5 N–H and O–H groups in total. The van der Waals surface area contributed by atoms with Gasteiger partial charge in [-0.2, -0.15) is 4.80 Å². The molecule has 134 valence electrons. The van der Waals surface area contributed by atoms with Gasteiger partial charge in [-0.3, -0.25) is 9.59 Å². The van der Waals surface area contributed by atoms with Crippen molar-refractivity contribution in [2.45, 2.75) is 32.2 Å². The molecule has 2 aromatic rings. The predicted octanol–water partition coefficient (Wildman–Crippen LogP) is 0.0743. The molecule has 0 fully saturated rings. The minimum Gasteiger partial charge on any atom is -0.366 e. The molecular weight excluding hydrogens is 322 g/mol. The van der Waals surface area contributed by atoms with Crippen LogP contribution in [0.4, 0.5) is 0 Å². The smallest absolute Gasteiger partial charge is 0.248 e. The lowest BCUT2D eigenvalue weighted by molar-refractivity contribution is -0.119. The Morgan fingerprint density at radius 2 is 1.80 bits per heavy atom. The summed E-state index contributed by atoms with van der Waals surface area (Å²) >= 11 is 0. The van der Waals surface area contributed by atoms with Gasteiger partial charge in [-0.05, 0) is 30.2 Å². The number of carbonyl (C=O) groups excluding carboxylic acids is 2. The van der Waals surface area contributed by atoms with Crippen molar-refractivity contribution < 1.29 is 9.59 Å². The molecule has 0 aliphatic rings. The molecule has 1 heterocycles. The SMILES string of the molecule is NCC(=O)NCCCCCCn1nnc(-c2ccc(C(N)=O)cc2)n1. The zero-order valence-electron chi connectivity index (χ0n) is 14.0. The largest absolute Gasteiger partial charge is 0.366 e. The number of benzene rings is 1. The van der Waals surface area contributed by atoms with Crippen molar-refractivity contribution in [3.8, 4) is 11.4 Å². The minimum absolute atomic E-state index is 0.0333. The van der Waals surface area contributed by atoms with E-state index in [9.17, 15) is 9.59 Å². The van der Waals surface area contributed by atoms with E-state index in [1.54, 1.807) is 29.1 Å². The summed E-state index contributed by atoms with van der Waals surface area (Å²) in [7, 11) is 0. The molecule has 0 bridgehead atoms. The molecule has 0 saturated carbocycles. The number of carbonyl (C=O) groups is 2. The molecule has 0 radical (unpaired) electrons. The van der Waals surface area contributed by atoms with Crippen molar-refractivity contribution in [1.82, 2.24) is 25.5 Å². The van der Waals surface area contributed by atoms with Crippen LogP contribution in [0, 0.1) is 0 Å². The van der Waals surface area contributed by atoms with E-state index in [4.69, 9.17) is 11.5 Å². The van der Waals surface area contributed by atoms with Gasteiger partial charge in [0.25, 0.3) is 0 Å². The Balaban J connectivity index is 1.71. The summed E-state index contributed by atoms with van der Waals surface area (Å²) in [5, 5.41) is 15.1. The van der Waals surface area contributed by atoms with Crippen LogP contribution in [0.15, 0.2) is 24.3 Å². The number of aromatic nitrogens is 4. The molecule has 0 spiro atoms. The number of hydrogen-bond acceptors (Lipinski definition) is 6. The van der Waals surface area contributed by atoms with Gasteiger partial charge in [0.15, 0.2) is 0 Å². The second kappa shape index (κ2) is 9.48. The highest BCUT2D eigenvalue weighted by molar-refractivity contribution is 5.93. The number of tetrazole rings is 1. The highest BCUT2D eigenvalue weighted by Gasteiger charge is 2.07. The summed E-state index contributed by atoms with van der Waals surface area (Å²) in [6.07, 6.45) is 3.89. The Kier molecular flexibility index (Phi) is 7.02. The maximum Gasteiger partial charge on any atom is 0.248 e. The number of nitrogens with one attached hydrogen (secondary N) is 1. The van der Waals surface area contributed by atoms with Gasteiger partial charge in [-0.25, -0.2) is 0 Å². The van der Waals surface area contributed by atoms with Crippen molar-refractivity contribution in [3.05, 3.63) is 29.8 Å². The molecule has 9 nitrogen and oxygen atoms in total. The van der Waals surface area contributed by atoms with Crippen molar-refractivity contribution in [2.24, 2.45) is 11.5 Å². The van der Waals surface area contributed by atoms with Crippen LogP contribution in [-0.4, -0.2) is 45.1 Å². The quantitative estimate of drug-likeness (QED) is 0.520. The van der Waals surface area contributed by atoms with Crippen molar-refractivity contribution >= 4 is 11.8 Å². The van der Waals surface area contributed by atoms with E-state index >= 15 is 0 Å². The maximum absolute atomic E-state index is 11.1. The fraction of sp³-hybridized carbons (Fsp3) is 0.438. The average molecular weight is 345 g/mol. The number of rotatable bonds is 10. The third-order valence-electron chi connectivity index (χ3n) is 3.67. The molecule has 0 aliphatic heterocycles. The first-order valence-electron chi connectivity index (χ1n) is 8.25. The van der Waals surface area contributed by atoms with E-state index in [-0.39, 0.29) is 12.5 Å². The Hall–Kier alpha value is -2.81. The van der Waals surface area contributed by atoms with Gasteiger partial charge in [0, 0.05) is 17.7 Å². The number of hydrogen-bond donors (Lipinski definition) is 3. The third-order valence-corrected chi connectivity index (χ3v) is 3.67. The maximum atomic E-state index is 11.1. The van der Waals surface area contributed by atoms with E-state index in [0.29, 0.717) is 24.5 Å². The summed E-state index contributed by atoms with van der Waals surface area (Å²) in [5.41, 5.74) is 11.6. The van der Waals surface area contributed by atoms with Crippen molar-refractivity contribution in [1.29, 1.82) is 0 Å². The molecule has 0 saturated heterocycles.